The number of nitrogens with zero attached hydrogens (tertiary/aromatic N) is 2. The molecule has 3 heteroatoms. The molecule has 0 saturated heterocycles. The van der Waals surface area contributed by atoms with E-state index in [2.05, 4.69) is 11.5 Å². The molecule has 1 rings (SSSR count). The van der Waals surface area contributed by atoms with Crippen molar-refractivity contribution in [1.29, 1.82) is 5.26 Å². The molecule has 0 radical (unpaired) electrons. The molecule has 1 fully saturated rings. The predicted molar refractivity (Wildman–Crippen MR) is 43.6 cm³/mol. The second kappa shape index (κ2) is 3.21. The van der Waals surface area contributed by atoms with E-state index in [1.165, 1.54) is 12.8 Å². The van der Waals surface area contributed by atoms with Gasteiger partial charge in [0, 0.05) is 27.1 Å². The van der Waals surface area contributed by atoms with E-state index in [9.17, 15) is 0 Å². The highest BCUT2D eigenvalue weighted by molar-refractivity contribution is 5.00. The number of rotatable bonds is 4. The van der Waals surface area contributed by atoms with Crippen molar-refractivity contribution in [2.45, 2.75) is 19.3 Å². The summed E-state index contributed by atoms with van der Waals surface area (Å²) in [6.45, 7) is 0.952. The molecule has 0 aromatic heterocycles. The van der Waals surface area contributed by atoms with Crippen LogP contribution in [0.15, 0.2) is 0 Å². The Morgan fingerprint density at radius 3 is 2.55 bits per heavy atom. The largest absolute Gasteiger partial charge is 0.255 e. The summed E-state index contributed by atoms with van der Waals surface area (Å²) in [5.74, 6) is 0. The Labute approximate surface area is 68.0 Å². The summed E-state index contributed by atoms with van der Waals surface area (Å²) in [6.07, 6.45) is 3.12. The lowest BCUT2D eigenvalue weighted by Crippen LogP contribution is -2.35. The van der Waals surface area contributed by atoms with E-state index in [0.29, 0.717) is 11.8 Å². The Morgan fingerprint density at radius 1 is 1.55 bits per heavy atom. The number of hydrazine groups is 1. The highest BCUT2D eigenvalue weighted by Gasteiger charge is 2.41. The second-order valence-corrected chi connectivity index (χ2v) is 3.56. The van der Waals surface area contributed by atoms with Gasteiger partial charge in [0.05, 0.1) is 6.07 Å². The van der Waals surface area contributed by atoms with Crippen molar-refractivity contribution >= 4 is 0 Å². The molecule has 0 amide bonds. The first-order valence-corrected chi connectivity index (χ1v) is 3.96. The average molecular weight is 153 g/mol. The molecule has 0 unspecified atom stereocenters. The van der Waals surface area contributed by atoms with Crippen molar-refractivity contribution in [1.82, 2.24) is 10.4 Å². The third kappa shape index (κ3) is 2.49. The van der Waals surface area contributed by atoms with Crippen molar-refractivity contribution in [3.8, 4) is 6.07 Å². The van der Waals surface area contributed by atoms with E-state index in [-0.39, 0.29) is 0 Å². The van der Waals surface area contributed by atoms with Crippen molar-refractivity contribution in [2.75, 3.05) is 20.6 Å². The van der Waals surface area contributed by atoms with Crippen molar-refractivity contribution < 1.29 is 0 Å². The maximum atomic E-state index is 8.52. The van der Waals surface area contributed by atoms with E-state index in [0.717, 1.165) is 6.54 Å². The minimum atomic E-state index is 0.318. The first kappa shape index (κ1) is 8.51. The molecule has 11 heavy (non-hydrogen) atoms. The third-order valence-electron chi connectivity index (χ3n) is 2.18. The Balaban J connectivity index is 2.20. The van der Waals surface area contributed by atoms with Gasteiger partial charge in [-0.15, -0.1) is 0 Å². The first-order chi connectivity index (χ1) is 5.18. The van der Waals surface area contributed by atoms with E-state index >= 15 is 0 Å². The molecule has 0 aliphatic heterocycles. The zero-order valence-electron chi connectivity index (χ0n) is 7.22. The average Bonchev–Trinajstić information content (AvgIpc) is 2.67. The van der Waals surface area contributed by atoms with Gasteiger partial charge in [-0.3, -0.25) is 10.4 Å². The van der Waals surface area contributed by atoms with Gasteiger partial charge in [0.2, 0.25) is 0 Å². The highest BCUT2D eigenvalue weighted by atomic mass is 15.5. The van der Waals surface area contributed by atoms with E-state index in [1.807, 2.05) is 19.1 Å². The van der Waals surface area contributed by atoms with Crippen LogP contribution in [0.4, 0.5) is 0 Å². The fourth-order valence-corrected chi connectivity index (χ4v) is 1.09. The van der Waals surface area contributed by atoms with E-state index in [1.54, 1.807) is 0 Å². The first-order valence-electron chi connectivity index (χ1n) is 3.96. The van der Waals surface area contributed by atoms with Crippen LogP contribution >= 0.6 is 0 Å². The Kier molecular flexibility index (Phi) is 2.48. The lowest BCUT2D eigenvalue weighted by Gasteiger charge is -2.16. The molecule has 1 aliphatic rings. The molecule has 62 valence electrons. The van der Waals surface area contributed by atoms with Crippen LogP contribution in [0, 0.1) is 16.7 Å². The molecule has 1 aliphatic carbocycles. The van der Waals surface area contributed by atoms with Gasteiger partial charge in [-0.1, -0.05) is 0 Å². The zero-order chi connectivity index (χ0) is 8.32. The van der Waals surface area contributed by atoms with Crippen LogP contribution in [-0.2, 0) is 0 Å². The molecular weight excluding hydrogens is 138 g/mol. The van der Waals surface area contributed by atoms with Gasteiger partial charge < -0.3 is 0 Å². The van der Waals surface area contributed by atoms with Crippen LogP contribution in [0.3, 0.4) is 0 Å². The molecular formula is C8H15N3. The standard InChI is InChI=1S/C8H15N3/c1-11(2)10-7-8(3-4-8)5-6-9/h10H,3-5,7H2,1-2H3. The van der Waals surface area contributed by atoms with Crippen molar-refractivity contribution in [3.63, 3.8) is 0 Å². The molecule has 0 spiro atoms. The molecule has 3 nitrogen and oxygen atoms in total. The lowest BCUT2D eigenvalue weighted by molar-refractivity contribution is 0.255. The Morgan fingerprint density at radius 2 is 2.18 bits per heavy atom. The van der Waals surface area contributed by atoms with Crippen LogP contribution in [0.5, 0.6) is 0 Å². The summed E-state index contributed by atoms with van der Waals surface area (Å²) in [7, 11) is 3.95. The third-order valence-corrected chi connectivity index (χ3v) is 2.18. The smallest absolute Gasteiger partial charge is 0.0628 e. The molecule has 0 aromatic rings. The van der Waals surface area contributed by atoms with Gasteiger partial charge in [0.1, 0.15) is 0 Å². The molecule has 0 bridgehead atoms. The van der Waals surface area contributed by atoms with Gasteiger partial charge in [-0.05, 0) is 18.3 Å². The van der Waals surface area contributed by atoms with E-state index in [4.69, 9.17) is 5.26 Å². The summed E-state index contributed by atoms with van der Waals surface area (Å²) in [4.78, 5) is 0. The quantitative estimate of drug-likeness (QED) is 0.606. The fraction of sp³-hybridized carbons (Fsp3) is 0.875. The molecule has 1 N–H and O–H groups in total. The van der Waals surface area contributed by atoms with Gasteiger partial charge in [-0.25, -0.2) is 0 Å². The lowest BCUT2D eigenvalue weighted by atomic mass is 10.0. The summed E-state index contributed by atoms with van der Waals surface area (Å²) in [5, 5.41) is 10.5. The minimum Gasteiger partial charge on any atom is -0.255 e. The maximum absolute atomic E-state index is 8.52. The summed E-state index contributed by atoms with van der Waals surface area (Å²) in [5.41, 5.74) is 3.53. The molecule has 0 aromatic carbocycles. The van der Waals surface area contributed by atoms with Crippen LogP contribution in [0.2, 0.25) is 0 Å². The van der Waals surface area contributed by atoms with Crippen LogP contribution < -0.4 is 5.43 Å². The normalized spacial score (nSPS) is 19.8. The number of nitriles is 1. The highest BCUT2D eigenvalue weighted by Crippen LogP contribution is 2.47. The fourth-order valence-electron chi connectivity index (χ4n) is 1.09. The summed E-state index contributed by atoms with van der Waals surface area (Å²) in [6, 6.07) is 2.24. The monoisotopic (exact) mass is 153 g/mol. The van der Waals surface area contributed by atoms with Crippen LogP contribution in [-0.4, -0.2) is 25.6 Å². The van der Waals surface area contributed by atoms with Crippen LogP contribution in [0.1, 0.15) is 19.3 Å². The molecule has 0 heterocycles. The van der Waals surface area contributed by atoms with Crippen molar-refractivity contribution in [2.24, 2.45) is 5.41 Å². The SMILES string of the molecule is CN(C)NCC1(CC#N)CC1. The summed E-state index contributed by atoms with van der Waals surface area (Å²) < 4.78 is 0. The van der Waals surface area contributed by atoms with Crippen molar-refractivity contribution in [3.05, 3.63) is 0 Å². The number of hydrogen-bond donors (Lipinski definition) is 1. The minimum absolute atomic E-state index is 0.318. The summed E-state index contributed by atoms with van der Waals surface area (Å²) >= 11 is 0. The second-order valence-electron chi connectivity index (χ2n) is 3.56. The Bertz CT molecular complexity index is 165. The predicted octanol–water partition coefficient (Wildman–Crippen LogP) is 0.746. The van der Waals surface area contributed by atoms with Gasteiger partial charge >= 0.3 is 0 Å². The van der Waals surface area contributed by atoms with E-state index < -0.39 is 0 Å². The van der Waals surface area contributed by atoms with Gasteiger partial charge in [0.25, 0.3) is 0 Å². The topological polar surface area (TPSA) is 39.1 Å². The Hall–Kier alpha value is -0.590. The number of nitrogens with one attached hydrogen (secondary N) is 1. The number of hydrogen-bond acceptors (Lipinski definition) is 3. The maximum Gasteiger partial charge on any atom is 0.0628 e. The molecule has 1 saturated carbocycles. The van der Waals surface area contributed by atoms with Gasteiger partial charge in [0.15, 0.2) is 0 Å². The van der Waals surface area contributed by atoms with Gasteiger partial charge in [-0.2, -0.15) is 5.26 Å². The van der Waals surface area contributed by atoms with Crippen LogP contribution in [0.25, 0.3) is 0 Å². The molecule has 0 atom stereocenters. The zero-order valence-corrected chi connectivity index (χ0v) is 7.22.